The van der Waals surface area contributed by atoms with Crippen molar-refractivity contribution >= 4 is 6.09 Å². The van der Waals surface area contributed by atoms with Gasteiger partial charge < -0.3 is 9.64 Å². The molecule has 29 heavy (non-hydrogen) atoms. The average Bonchev–Trinajstić information content (AvgIpc) is 3.43. The van der Waals surface area contributed by atoms with Crippen LogP contribution in [0.3, 0.4) is 0 Å². The Labute approximate surface area is 171 Å². The summed E-state index contributed by atoms with van der Waals surface area (Å²) in [6.07, 6.45) is -0.864. The lowest BCUT2D eigenvalue weighted by Gasteiger charge is -2.39. The Bertz CT molecular complexity index is 703. The van der Waals surface area contributed by atoms with Crippen LogP contribution in [0.2, 0.25) is 0 Å². The standard InChI is InChI=1S/C22H31F3N2O2/c1-21(2,3)29-20(28)26-12-10-18(11-13-26)27(14-16-8-9-16)15-17-6-4-5-7-19(17)22(23,24)25/h4-7,16,18H,8-15H2,1-3H3. The Morgan fingerprint density at radius 1 is 1.10 bits per heavy atom. The molecule has 1 aromatic carbocycles. The number of carbonyl (C=O) groups is 1. The van der Waals surface area contributed by atoms with Crippen LogP contribution >= 0.6 is 0 Å². The molecule has 1 heterocycles. The van der Waals surface area contributed by atoms with Crippen LogP contribution in [0.1, 0.15) is 57.6 Å². The molecule has 1 amide bonds. The zero-order valence-electron chi connectivity index (χ0n) is 17.5. The van der Waals surface area contributed by atoms with Crippen molar-refractivity contribution in [3.63, 3.8) is 0 Å². The van der Waals surface area contributed by atoms with Crippen molar-refractivity contribution in [3.8, 4) is 0 Å². The largest absolute Gasteiger partial charge is 0.444 e. The van der Waals surface area contributed by atoms with Crippen LogP contribution in [-0.2, 0) is 17.5 Å². The van der Waals surface area contributed by atoms with Crippen molar-refractivity contribution in [2.75, 3.05) is 19.6 Å². The molecule has 0 radical (unpaired) electrons. The monoisotopic (exact) mass is 412 g/mol. The van der Waals surface area contributed by atoms with Gasteiger partial charge in [-0.05, 0) is 64.0 Å². The fraction of sp³-hybridized carbons (Fsp3) is 0.682. The molecule has 1 aromatic rings. The predicted octanol–water partition coefficient (Wildman–Crippen LogP) is 5.32. The van der Waals surface area contributed by atoms with Gasteiger partial charge in [-0.1, -0.05) is 18.2 Å². The van der Waals surface area contributed by atoms with E-state index in [9.17, 15) is 18.0 Å². The van der Waals surface area contributed by atoms with Crippen molar-refractivity contribution in [2.45, 2.75) is 70.8 Å². The summed E-state index contributed by atoms with van der Waals surface area (Å²) in [4.78, 5) is 16.2. The summed E-state index contributed by atoms with van der Waals surface area (Å²) in [5, 5.41) is 0. The molecule has 162 valence electrons. The second kappa shape index (κ2) is 8.54. The number of benzene rings is 1. The molecule has 1 saturated carbocycles. The molecule has 0 aromatic heterocycles. The van der Waals surface area contributed by atoms with Crippen LogP contribution in [0.5, 0.6) is 0 Å². The first-order valence-corrected chi connectivity index (χ1v) is 10.4. The topological polar surface area (TPSA) is 32.8 Å². The maximum atomic E-state index is 13.4. The molecule has 2 fully saturated rings. The van der Waals surface area contributed by atoms with Crippen molar-refractivity contribution < 1.29 is 22.7 Å². The minimum absolute atomic E-state index is 0.176. The summed E-state index contributed by atoms with van der Waals surface area (Å²) in [6, 6.07) is 6.03. The van der Waals surface area contributed by atoms with Crippen molar-refractivity contribution in [3.05, 3.63) is 35.4 Å². The SMILES string of the molecule is CC(C)(C)OC(=O)N1CCC(N(Cc2ccccc2C(F)(F)F)CC2CC2)CC1. The van der Waals surface area contributed by atoms with Crippen LogP contribution in [0.15, 0.2) is 24.3 Å². The van der Waals surface area contributed by atoms with Gasteiger partial charge >= 0.3 is 12.3 Å². The van der Waals surface area contributed by atoms with Crippen LogP contribution < -0.4 is 0 Å². The van der Waals surface area contributed by atoms with Gasteiger partial charge in [0, 0.05) is 32.2 Å². The quantitative estimate of drug-likeness (QED) is 0.656. The fourth-order valence-corrected chi connectivity index (χ4v) is 3.87. The van der Waals surface area contributed by atoms with Crippen LogP contribution in [0.4, 0.5) is 18.0 Å². The zero-order chi connectivity index (χ0) is 21.2. The second-order valence-corrected chi connectivity index (χ2v) is 9.23. The van der Waals surface area contributed by atoms with Crippen molar-refractivity contribution in [1.82, 2.24) is 9.80 Å². The number of hydrogen-bond donors (Lipinski definition) is 0. The number of nitrogens with zero attached hydrogens (tertiary/aromatic N) is 2. The van der Waals surface area contributed by atoms with Gasteiger partial charge in [0.2, 0.25) is 0 Å². The van der Waals surface area contributed by atoms with Crippen LogP contribution in [0, 0.1) is 5.92 Å². The molecule has 1 aliphatic heterocycles. The molecule has 0 unspecified atom stereocenters. The number of piperidine rings is 1. The summed E-state index contributed by atoms with van der Waals surface area (Å²) in [7, 11) is 0. The Hall–Kier alpha value is -1.76. The molecule has 0 N–H and O–H groups in total. The van der Waals surface area contributed by atoms with Gasteiger partial charge in [-0.3, -0.25) is 4.90 Å². The highest BCUT2D eigenvalue weighted by Gasteiger charge is 2.36. The second-order valence-electron chi connectivity index (χ2n) is 9.23. The van der Waals surface area contributed by atoms with E-state index in [-0.39, 0.29) is 12.1 Å². The van der Waals surface area contributed by atoms with E-state index in [1.807, 2.05) is 20.8 Å². The molecule has 1 aliphatic carbocycles. The van der Waals surface area contributed by atoms with Gasteiger partial charge in [-0.2, -0.15) is 13.2 Å². The third-order valence-electron chi connectivity index (χ3n) is 5.52. The highest BCUT2D eigenvalue weighted by Crippen LogP contribution is 2.35. The fourth-order valence-electron chi connectivity index (χ4n) is 3.87. The number of ether oxygens (including phenoxy) is 1. The molecule has 3 rings (SSSR count). The minimum atomic E-state index is -4.35. The van der Waals surface area contributed by atoms with Gasteiger partial charge in [0.1, 0.15) is 5.60 Å². The van der Waals surface area contributed by atoms with Gasteiger partial charge in [-0.15, -0.1) is 0 Å². The van der Waals surface area contributed by atoms with E-state index in [1.165, 1.54) is 6.07 Å². The van der Waals surface area contributed by atoms with Crippen LogP contribution in [-0.4, -0.2) is 47.2 Å². The number of likely N-dealkylation sites (tertiary alicyclic amines) is 1. The summed E-state index contributed by atoms with van der Waals surface area (Å²) in [5.41, 5.74) is -0.755. The molecule has 0 atom stereocenters. The van der Waals surface area contributed by atoms with Crippen LogP contribution in [0.25, 0.3) is 0 Å². The summed E-state index contributed by atoms with van der Waals surface area (Å²) >= 11 is 0. The average molecular weight is 412 g/mol. The first kappa shape index (κ1) is 21.9. The molecule has 7 heteroatoms. The molecule has 0 bridgehead atoms. The van der Waals surface area contributed by atoms with E-state index < -0.39 is 17.3 Å². The third kappa shape index (κ3) is 6.36. The van der Waals surface area contributed by atoms with Crippen molar-refractivity contribution in [2.24, 2.45) is 5.92 Å². The van der Waals surface area contributed by atoms with E-state index in [4.69, 9.17) is 4.74 Å². The first-order chi connectivity index (χ1) is 13.5. The zero-order valence-corrected chi connectivity index (χ0v) is 17.5. The first-order valence-electron chi connectivity index (χ1n) is 10.4. The number of halogens is 3. The van der Waals surface area contributed by atoms with Gasteiger partial charge in [0.05, 0.1) is 5.56 Å². The number of alkyl halides is 3. The van der Waals surface area contributed by atoms with E-state index in [0.29, 0.717) is 31.1 Å². The molecular weight excluding hydrogens is 381 g/mol. The Morgan fingerprint density at radius 3 is 2.28 bits per heavy atom. The third-order valence-corrected chi connectivity index (χ3v) is 5.52. The minimum Gasteiger partial charge on any atom is -0.444 e. The van der Waals surface area contributed by atoms with Gasteiger partial charge in [0.25, 0.3) is 0 Å². The van der Waals surface area contributed by atoms with E-state index in [0.717, 1.165) is 38.3 Å². The van der Waals surface area contributed by atoms with Gasteiger partial charge in [-0.25, -0.2) is 4.79 Å². The maximum absolute atomic E-state index is 13.4. The number of carbonyl (C=O) groups excluding carboxylic acids is 1. The maximum Gasteiger partial charge on any atom is 0.416 e. The lowest BCUT2D eigenvalue weighted by molar-refractivity contribution is -0.138. The number of rotatable bonds is 5. The molecule has 0 spiro atoms. The Kier molecular flexibility index (Phi) is 6.46. The summed E-state index contributed by atoms with van der Waals surface area (Å²) < 4.78 is 45.7. The normalized spacial score (nSPS) is 18.9. The lowest BCUT2D eigenvalue weighted by atomic mass is 10.00. The lowest BCUT2D eigenvalue weighted by Crippen LogP contribution is -2.48. The molecule has 4 nitrogen and oxygen atoms in total. The number of amides is 1. The smallest absolute Gasteiger partial charge is 0.416 e. The van der Waals surface area contributed by atoms with E-state index in [2.05, 4.69) is 4.90 Å². The molecule has 1 saturated heterocycles. The molecule has 2 aliphatic rings. The Morgan fingerprint density at radius 2 is 1.72 bits per heavy atom. The predicted molar refractivity (Wildman–Crippen MR) is 105 cm³/mol. The molecular formula is C22H31F3N2O2. The van der Waals surface area contributed by atoms with E-state index in [1.54, 1.807) is 17.0 Å². The number of hydrogen-bond acceptors (Lipinski definition) is 3. The summed E-state index contributed by atoms with van der Waals surface area (Å²) in [5.74, 6) is 0.580. The van der Waals surface area contributed by atoms with Crippen molar-refractivity contribution in [1.29, 1.82) is 0 Å². The summed E-state index contributed by atoms with van der Waals surface area (Å²) in [6.45, 7) is 7.78. The Balaban J connectivity index is 1.66. The van der Waals surface area contributed by atoms with E-state index >= 15 is 0 Å². The van der Waals surface area contributed by atoms with Gasteiger partial charge in [0.15, 0.2) is 0 Å². The highest BCUT2D eigenvalue weighted by atomic mass is 19.4. The highest BCUT2D eigenvalue weighted by molar-refractivity contribution is 5.68.